The summed E-state index contributed by atoms with van der Waals surface area (Å²) < 4.78 is 12.8. The van der Waals surface area contributed by atoms with Gasteiger partial charge in [-0.15, -0.1) is 0 Å². The second-order valence-electron chi connectivity index (χ2n) is 4.72. The highest BCUT2D eigenvalue weighted by Crippen LogP contribution is 2.19. The van der Waals surface area contributed by atoms with Gasteiger partial charge in [-0.2, -0.15) is 0 Å². The van der Waals surface area contributed by atoms with Gasteiger partial charge in [0.1, 0.15) is 5.82 Å². The summed E-state index contributed by atoms with van der Waals surface area (Å²) in [5.74, 6) is -0.142. The van der Waals surface area contributed by atoms with Gasteiger partial charge in [0.25, 0.3) is 0 Å². The summed E-state index contributed by atoms with van der Waals surface area (Å²) in [6, 6.07) is 6.45. The molecule has 3 nitrogen and oxygen atoms in total. The number of hydrogen-bond donors (Lipinski definition) is 1. The van der Waals surface area contributed by atoms with Crippen LogP contribution in [0.4, 0.5) is 4.39 Å². The first-order valence-electron chi connectivity index (χ1n) is 6.41. The van der Waals surface area contributed by atoms with E-state index in [9.17, 15) is 9.18 Å². The van der Waals surface area contributed by atoms with Crippen LogP contribution < -0.4 is 5.32 Å². The van der Waals surface area contributed by atoms with Gasteiger partial charge in [-0.3, -0.25) is 9.69 Å². The fourth-order valence-electron chi connectivity index (χ4n) is 2.47. The molecule has 0 unspecified atom stereocenters. The van der Waals surface area contributed by atoms with Crippen LogP contribution in [0.1, 0.15) is 24.8 Å². The molecule has 1 aromatic rings. The second kappa shape index (κ2) is 5.96. The quantitative estimate of drug-likeness (QED) is 0.889. The maximum Gasteiger partial charge on any atom is 0.237 e. The van der Waals surface area contributed by atoms with E-state index in [1.165, 1.54) is 12.1 Å². The fraction of sp³-hybridized carbons (Fsp3) is 0.500. The average molecular weight is 250 g/mol. The summed E-state index contributed by atoms with van der Waals surface area (Å²) in [4.78, 5) is 14.0. The first-order chi connectivity index (χ1) is 8.70. The second-order valence-corrected chi connectivity index (χ2v) is 4.72. The van der Waals surface area contributed by atoms with E-state index >= 15 is 0 Å². The van der Waals surface area contributed by atoms with Crippen molar-refractivity contribution in [2.75, 3.05) is 13.6 Å². The number of halogens is 1. The third kappa shape index (κ3) is 3.07. The van der Waals surface area contributed by atoms with Crippen LogP contribution in [0.15, 0.2) is 24.3 Å². The van der Waals surface area contributed by atoms with Crippen LogP contribution in [0.5, 0.6) is 0 Å². The van der Waals surface area contributed by atoms with Crippen molar-refractivity contribution in [3.63, 3.8) is 0 Å². The molecule has 1 saturated heterocycles. The standard InChI is InChI=1S/C14H19FN2O/c1-16-14(18)13-4-2-3-9-17(13)10-11-5-7-12(15)8-6-11/h5-8,13H,2-4,9-10H2,1H3,(H,16,18)/t13-/m0/s1. The molecule has 0 spiro atoms. The minimum atomic E-state index is -0.222. The highest BCUT2D eigenvalue weighted by atomic mass is 19.1. The van der Waals surface area contributed by atoms with Crippen LogP contribution in [0.25, 0.3) is 0 Å². The lowest BCUT2D eigenvalue weighted by Crippen LogP contribution is -2.48. The van der Waals surface area contributed by atoms with Crippen molar-refractivity contribution in [1.29, 1.82) is 0 Å². The van der Waals surface area contributed by atoms with Crippen molar-refractivity contribution in [2.45, 2.75) is 31.8 Å². The Bertz CT molecular complexity index is 405. The minimum absolute atomic E-state index is 0.0474. The monoisotopic (exact) mass is 250 g/mol. The van der Waals surface area contributed by atoms with Gasteiger partial charge in [0, 0.05) is 13.6 Å². The van der Waals surface area contributed by atoms with Gasteiger partial charge in [-0.1, -0.05) is 18.6 Å². The topological polar surface area (TPSA) is 32.3 Å². The van der Waals surface area contributed by atoms with E-state index in [0.717, 1.165) is 31.4 Å². The number of nitrogens with zero attached hydrogens (tertiary/aromatic N) is 1. The van der Waals surface area contributed by atoms with Crippen molar-refractivity contribution in [3.05, 3.63) is 35.6 Å². The zero-order valence-corrected chi connectivity index (χ0v) is 10.7. The summed E-state index contributed by atoms with van der Waals surface area (Å²) >= 11 is 0. The molecule has 2 rings (SSSR count). The molecule has 4 heteroatoms. The van der Waals surface area contributed by atoms with Crippen LogP contribution in [-0.4, -0.2) is 30.4 Å². The Hall–Kier alpha value is -1.42. The summed E-state index contributed by atoms with van der Waals surface area (Å²) in [5, 5.41) is 2.72. The predicted octanol–water partition coefficient (Wildman–Crippen LogP) is 1.93. The van der Waals surface area contributed by atoms with E-state index < -0.39 is 0 Å². The molecular weight excluding hydrogens is 231 g/mol. The maximum atomic E-state index is 12.8. The van der Waals surface area contributed by atoms with Crippen LogP contribution in [-0.2, 0) is 11.3 Å². The predicted molar refractivity (Wildman–Crippen MR) is 68.5 cm³/mol. The number of likely N-dealkylation sites (N-methyl/N-ethyl adjacent to an activating group) is 1. The van der Waals surface area contributed by atoms with Crippen LogP contribution in [0.2, 0.25) is 0 Å². The highest BCUT2D eigenvalue weighted by Gasteiger charge is 2.27. The zero-order valence-electron chi connectivity index (χ0n) is 10.7. The number of amides is 1. The molecule has 1 heterocycles. The third-order valence-electron chi connectivity index (χ3n) is 3.46. The number of carbonyl (C=O) groups is 1. The number of benzene rings is 1. The maximum absolute atomic E-state index is 12.8. The molecule has 0 aliphatic carbocycles. The average Bonchev–Trinajstić information content (AvgIpc) is 2.41. The molecule has 1 fully saturated rings. The van der Waals surface area contributed by atoms with Crippen LogP contribution >= 0.6 is 0 Å². The Morgan fingerprint density at radius 2 is 2.11 bits per heavy atom. The number of carbonyl (C=O) groups excluding carboxylic acids is 1. The van der Waals surface area contributed by atoms with Crippen LogP contribution in [0, 0.1) is 5.82 Å². The Labute approximate surface area is 107 Å². The van der Waals surface area contributed by atoms with Gasteiger partial charge < -0.3 is 5.32 Å². The van der Waals surface area contributed by atoms with E-state index in [2.05, 4.69) is 10.2 Å². The summed E-state index contributed by atoms with van der Waals surface area (Å²) in [7, 11) is 1.67. The first kappa shape index (κ1) is 13.0. The molecule has 1 aliphatic heterocycles. The summed E-state index contributed by atoms with van der Waals surface area (Å²) in [6.45, 7) is 1.63. The van der Waals surface area contributed by atoms with Crippen molar-refractivity contribution in [1.82, 2.24) is 10.2 Å². The lowest BCUT2D eigenvalue weighted by atomic mass is 10.0. The largest absolute Gasteiger partial charge is 0.358 e. The Kier molecular flexibility index (Phi) is 4.31. The van der Waals surface area contributed by atoms with Crippen molar-refractivity contribution < 1.29 is 9.18 Å². The third-order valence-corrected chi connectivity index (χ3v) is 3.46. The van der Waals surface area contributed by atoms with Gasteiger partial charge in [0.15, 0.2) is 0 Å². The molecule has 0 bridgehead atoms. The molecule has 0 saturated carbocycles. The number of nitrogens with one attached hydrogen (secondary N) is 1. The molecule has 18 heavy (non-hydrogen) atoms. The van der Waals surface area contributed by atoms with E-state index in [0.29, 0.717) is 6.54 Å². The first-order valence-corrected chi connectivity index (χ1v) is 6.41. The summed E-state index contributed by atoms with van der Waals surface area (Å²) in [6.07, 6.45) is 3.12. The van der Waals surface area contributed by atoms with Crippen molar-refractivity contribution in [2.24, 2.45) is 0 Å². The van der Waals surface area contributed by atoms with Gasteiger partial charge in [-0.05, 0) is 37.1 Å². The number of likely N-dealkylation sites (tertiary alicyclic amines) is 1. The highest BCUT2D eigenvalue weighted by molar-refractivity contribution is 5.81. The van der Waals surface area contributed by atoms with Crippen molar-refractivity contribution >= 4 is 5.91 Å². The summed E-state index contributed by atoms with van der Waals surface area (Å²) in [5.41, 5.74) is 1.05. The number of hydrogen-bond acceptors (Lipinski definition) is 2. The van der Waals surface area contributed by atoms with E-state index in [4.69, 9.17) is 0 Å². The molecule has 0 aromatic heterocycles. The van der Waals surface area contributed by atoms with E-state index in [1.54, 1.807) is 19.2 Å². The number of rotatable bonds is 3. The Morgan fingerprint density at radius 3 is 2.78 bits per heavy atom. The Balaban J connectivity index is 2.05. The lowest BCUT2D eigenvalue weighted by molar-refractivity contribution is -0.127. The van der Waals surface area contributed by atoms with Crippen molar-refractivity contribution in [3.8, 4) is 0 Å². The van der Waals surface area contributed by atoms with Crippen LogP contribution in [0.3, 0.4) is 0 Å². The smallest absolute Gasteiger partial charge is 0.237 e. The van der Waals surface area contributed by atoms with Gasteiger partial charge in [0.05, 0.1) is 6.04 Å². The molecule has 1 aromatic carbocycles. The van der Waals surface area contributed by atoms with E-state index in [1.807, 2.05) is 0 Å². The zero-order chi connectivity index (χ0) is 13.0. The number of piperidine rings is 1. The molecular formula is C14H19FN2O. The van der Waals surface area contributed by atoms with Gasteiger partial charge in [0.2, 0.25) is 5.91 Å². The normalized spacial score (nSPS) is 20.7. The molecule has 1 aliphatic rings. The molecule has 1 amide bonds. The van der Waals surface area contributed by atoms with Gasteiger partial charge >= 0.3 is 0 Å². The Morgan fingerprint density at radius 1 is 1.39 bits per heavy atom. The van der Waals surface area contributed by atoms with E-state index in [-0.39, 0.29) is 17.8 Å². The fourth-order valence-corrected chi connectivity index (χ4v) is 2.47. The minimum Gasteiger partial charge on any atom is -0.358 e. The van der Waals surface area contributed by atoms with Gasteiger partial charge in [-0.25, -0.2) is 4.39 Å². The molecule has 0 radical (unpaired) electrons. The molecule has 98 valence electrons. The SMILES string of the molecule is CNC(=O)[C@@H]1CCCCN1Cc1ccc(F)cc1. The molecule has 1 N–H and O–H groups in total. The lowest BCUT2D eigenvalue weighted by Gasteiger charge is -2.34. The molecule has 1 atom stereocenters.